The molecule has 4 rings (SSSR count). The highest BCUT2D eigenvalue weighted by Crippen LogP contribution is 2.34. The quantitative estimate of drug-likeness (QED) is 0.102. The van der Waals surface area contributed by atoms with Crippen LogP contribution in [0.25, 0.3) is 0 Å². The summed E-state index contributed by atoms with van der Waals surface area (Å²) in [6.07, 6.45) is 10.3. The molecule has 0 aromatic heterocycles. The SMILES string of the molecule is CC(=O)Oc1c(Br)cc(C)cc1Br.CCCCN(CCC)C1CCOCC1.CNc1ccccc1CCN(C=O)C1CCN(C(=O)CCC(C)=O)CC1. The van der Waals surface area contributed by atoms with Crippen LogP contribution in [-0.4, -0.2) is 104 Å². The first-order valence-electron chi connectivity index (χ1n) is 19.1. The first kappa shape index (κ1) is 46.4. The van der Waals surface area contributed by atoms with E-state index in [4.69, 9.17) is 9.47 Å². The van der Waals surface area contributed by atoms with Gasteiger partial charge in [0.05, 0.1) is 8.95 Å². The van der Waals surface area contributed by atoms with Crippen LogP contribution >= 0.6 is 31.9 Å². The summed E-state index contributed by atoms with van der Waals surface area (Å²) in [7, 11) is 1.90. The average Bonchev–Trinajstić information content (AvgIpc) is 3.15. The average molecular weight is 867 g/mol. The maximum atomic E-state index is 12.1. The number of para-hydroxylation sites is 1. The van der Waals surface area contributed by atoms with Crippen molar-refractivity contribution in [3.05, 3.63) is 56.5 Å². The molecule has 2 amide bonds. The van der Waals surface area contributed by atoms with E-state index in [1.54, 1.807) is 0 Å². The number of Topliss-reactive ketones (excluding diaryl/α,β-unsaturated/α-hetero) is 1. The zero-order valence-electron chi connectivity index (χ0n) is 32.8. The number of aryl methyl sites for hydroxylation is 1. The topological polar surface area (TPSA) is 108 Å². The van der Waals surface area contributed by atoms with Gasteiger partial charge in [-0.15, -0.1) is 0 Å². The Kier molecular flexibility index (Phi) is 22.8. The summed E-state index contributed by atoms with van der Waals surface area (Å²) in [5.41, 5.74) is 3.37. The van der Waals surface area contributed by atoms with E-state index >= 15 is 0 Å². The number of amides is 2. The Morgan fingerprint density at radius 2 is 1.57 bits per heavy atom. The number of anilines is 1. The standard InChI is InChI=1S/C20H29N3O3.C12H25NO.C9H8Br2O2/c1-16(25)7-8-20(26)22-13-10-18(11-14-22)23(15-24)12-9-17-5-3-4-6-19(17)21-2;1-3-5-9-13(8-4-2)12-6-10-14-11-7-12;1-5-3-7(10)9(8(11)4-5)13-6(2)12/h3-6,15,18,21H,7-14H2,1-2H3;12H,3-11H2,1-2H3;3-4H,1-2H3. The molecule has 10 nitrogen and oxygen atoms in total. The van der Waals surface area contributed by atoms with Gasteiger partial charge in [-0.25, -0.2) is 0 Å². The van der Waals surface area contributed by atoms with Gasteiger partial charge in [0, 0.05) is 77.4 Å². The Bertz CT molecular complexity index is 1390. The van der Waals surface area contributed by atoms with Gasteiger partial charge in [0.1, 0.15) is 5.78 Å². The van der Waals surface area contributed by atoms with E-state index < -0.39 is 0 Å². The highest BCUT2D eigenvalue weighted by molar-refractivity contribution is 9.11. The minimum absolute atomic E-state index is 0.0410. The molecule has 1 N–H and O–H groups in total. The van der Waals surface area contributed by atoms with Gasteiger partial charge in [-0.2, -0.15) is 0 Å². The molecule has 296 valence electrons. The number of piperidine rings is 1. The van der Waals surface area contributed by atoms with Crippen LogP contribution in [0.5, 0.6) is 5.75 Å². The van der Waals surface area contributed by atoms with E-state index in [0.717, 1.165) is 65.1 Å². The van der Waals surface area contributed by atoms with Crippen LogP contribution in [0, 0.1) is 6.92 Å². The lowest BCUT2D eigenvalue weighted by Gasteiger charge is -2.37. The molecule has 2 heterocycles. The normalized spacial score (nSPS) is 14.7. The van der Waals surface area contributed by atoms with E-state index in [1.165, 1.54) is 64.6 Å². The third-order valence-electron chi connectivity index (χ3n) is 9.44. The number of benzene rings is 2. The molecule has 2 saturated heterocycles. The van der Waals surface area contributed by atoms with E-state index in [-0.39, 0.29) is 30.1 Å². The third kappa shape index (κ3) is 17.5. The maximum Gasteiger partial charge on any atom is 0.308 e. The van der Waals surface area contributed by atoms with Crippen molar-refractivity contribution in [2.45, 2.75) is 111 Å². The van der Waals surface area contributed by atoms with E-state index in [2.05, 4.69) is 62.0 Å². The smallest absolute Gasteiger partial charge is 0.308 e. The van der Waals surface area contributed by atoms with Gasteiger partial charge in [-0.05, 0) is 133 Å². The number of hydrogen-bond donors (Lipinski definition) is 1. The number of esters is 1. The molecule has 53 heavy (non-hydrogen) atoms. The summed E-state index contributed by atoms with van der Waals surface area (Å²) in [4.78, 5) is 51.8. The molecule has 2 aromatic carbocycles. The van der Waals surface area contributed by atoms with Crippen LogP contribution in [0.1, 0.15) is 96.6 Å². The summed E-state index contributed by atoms with van der Waals surface area (Å²) in [5.74, 6) is 0.282. The zero-order valence-corrected chi connectivity index (χ0v) is 35.9. The highest BCUT2D eigenvalue weighted by Gasteiger charge is 2.26. The van der Waals surface area contributed by atoms with Crippen LogP contribution in [0.4, 0.5) is 5.69 Å². The first-order chi connectivity index (χ1) is 25.4. The second kappa shape index (κ2) is 26.1. The third-order valence-corrected chi connectivity index (χ3v) is 10.6. The van der Waals surface area contributed by atoms with Gasteiger partial charge < -0.3 is 34.3 Å². The number of halogens is 2. The summed E-state index contributed by atoms with van der Waals surface area (Å²) in [6.45, 7) is 15.9. The Hall–Kier alpha value is -2.80. The molecule has 2 aliphatic rings. The lowest BCUT2D eigenvalue weighted by molar-refractivity contribution is -0.135. The molecule has 0 spiro atoms. The Labute approximate surface area is 335 Å². The van der Waals surface area contributed by atoms with Crippen LogP contribution in [0.3, 0.4) is 0 Å². The number of carbonyl (C=O) groups excluding carboxylic acids is 4. The number of carbonyl (C=O) groups is 4. The fraction of sp³-hybridized carbons (Fsp3) is 0.610. The van der Waals surface area contributed by atoms with Crippen LogP contribution in [0.15, 0.2) is 45.3 Å². The van der Waals surface area contributed by atoms with Crippen molar-refractivity contribution in [1.29, 1.82) is 0 Å². The molecule has 12 heteroatoms. The van der Waals surface area contributed by atoms with Crippen molar-refractivity contribution < 1.29 is 28.7 Å². The molecule has 2 aliphatic heterocycles. The molecular weight excluding hydrogens is 804 g/mol. The molecule has 0 radical (unpaired) electrons. The fourth-order valence-electron chi connectivity index (χ4n) is 6.54. The van der Waals surface area contributed by atoms with E-state index in [0.29, 0.717) is 31.8 Å². The molecule has 0 aliphatic carbocycles. The molecular formula is C41H62Br2N4O6. The van der Waals surface area contributed by atoms with Gasteiger partial charge >= 0.3 is 5.97 Å². The number of rotatable bonds is 16. The number of nitrogens with one attached hydrogen (secondary N) is 1. The van der Waals surface area contributed by atoms with Crippen molar-refractivity contribution in [1.82, 2.24) is 14.7 Å². The Balaban J connectivity index is 0.000000303. The van der Waals surface area contributed by atoms with Crippen molar-refractivity contribution >= 4 is 61.6 Å². The Morgan fingerprint density at radius 3 is 2.11 bits per heavy atom. The maximum absolute atomic E-state index is 12.1. The van der Waals surface area contributed by atoms with Gasteiger partial charge in [0.25, 0.3) is 0 Å². The molecule has 0 atom stereocenters. The van der Waals surface area contributed by atoms with Crippen molar-refractivity contribution in [2.75, 3.05) is 58.3 Å². The van der Waals surface area contributed by atoms with Crippen molar-refractivity contribution in [3.63, 3.8) is 0 Å². The van der Waals surface area contributed by atoms with Gasteiger partial charge in [0.15, 0.2) is 5.75 Å². The van der Waals surface area contributed by atoms with Gasteiger partial charge in [-0.1, -0.05) is 38.5 Å². The number of ether oxygens (including phenoxy) is 2. The monoisotopic (exact) mass is 864 g/mol. The predicted molar refractivity (Wildman–Crippen MR) is 220 cm³/mol. The lowest BCUT2D eigenvalue weighted by atomic mass is 10.0. The molecule has 0 bridgehead atoms. The summed E-state index contributed by atoms with van der Waals surface area (Å²) < 4.78 is 11.9. The van der Waals surface area contributed by atoms with Crippen molar-refractivity contribution in [2.24, 2.45) is 0 Å². The number of likely N-dealkylation sites (tertiary alicyclic amines) is 1. The minimum atomic E-state index is -0.328. The predicted octanol–water partition coefficient (Wildman–Crippen LogP) is 8.21. The minimum Gasteiger partial charge on any atom is -0.424 e. The second-order valence-corrected chi connectivity index (χ2v) is 15.4. The van der Waals surface area contributed by atoms with Crippen LogP contribution in [0.2, 0.25) is 0 Å². The van der Waals surface area contributed by atoms with Gasteiger partial charge in [-0.3, -0.25) is 14.4 Å². The number of unbranched alkanes of at least 4 members (excludes halogenated alkanes) is 1. The van der Waals surface area contributed by atoms with Crippen molar-refractivity contribution in [3.8, 4) is 5.75 Å². The molecule has 2 aromatic rings. The number of nitrogens with zero attached hydrogens (tertiary/aromatic N) is 3. The summed E-state index contributed by atoms with van der Waals surface area (Å²) >= 11 is 6.64. The second-order valence-electron chi connectivity index (χ2n) is 13.7. The summed E-state index contributed by atoms with van der Waals surface area (Å²) in [6, 6.07) is 12.9. The highest BCUT2D eigenvalue weighted by atomic mass is 79.9. The lowest BCUT2D eigenvalue weighted by Crippen LogP contribution is -2.46. The summed E-state index contributed by atoms with van der Waals surface area (Å²) in [5, 5.41) is 3.18. The molecule has 0 unspecified atom stereocenters. The van der Waals surface area contributed by atoms with E-state index in [9.17, 15) is 19.2 Å². The first-order valence-corrected chi connectivity index (χ1v) is 20.7. The fourth-order valence-corrected chi connectivity index (χ4v) is 8.12. The number of hydrogen-bond acceptors (Lipinski definition) is 8. The zero-order chi connectivity index (χ0) is 39.2. The van der Waals surface area contributed by atoms with Crippen LogP contribution < -0.4 is 10.1 Å². The number of ketones is 1. The Morgan fingerprint density at radius 1 is 0.925 bits per heavy atom. The van der Waals surface area contributed by atoms with Gasteiger partial charge in [0.2, 0.25) is 12.3 Å². The van der Waals surface area contributed by atoms with Crippen LogP contribution in [-0.2, 0) is 30.3 Å². The molecule has 0 saturated carbocycles. The van der Waals surface area contributed by atoms with E-state index in [1.807, 2.05) is 54.1 Å². The molecule has 2 fully saturated rings. The largest absolute Gasteiger partial charge is 0.424 e.